The summed E-state index contributed by atoms with van der Waals surface area (Å²) in [5, 5.41) is 3.45. The van der Waals surface area contributed by atoms with E-state index in [-0.39, 0.29) is 12.3 Å². The fraction of sp³-hybridized carbons (Fsp3) is 0.182. The average Bonchev–Trinajstić information content (AvgIpc) is 2.19. The molecule has 0 fully saturated rings. The Bertz CT molecular complexity index is 351. The summed E-state index contributed by atoms with van der Waals surface area (Å²) in [5.41, 5.74) is 0.638. The van der Waals surface area contributed by atoms with Crippen LogP contribution in [0.15, 0.2) is 24.3 Å². The Hall–Kier alpha value is -1.30. The lowest BCUT2D eigenvalue weighted by atomic mass is 10.1. The smallest absolute Gasteiger partial charge is 0.176 e. The van der Waals surface area contributed by atoms with Crippen LogP contribution in [0.4, 0.5) is 0 Å². The van der Waals surface area contributed by atoms with Crippen molar-refractivity contribution in [3.8, 4) is 12.3 Å². The first-order valence-electron chi connectivity index (χ1n) is 4.17. The zero-order valence-electron chi connectivity index (χ0n) is 7.59. The Morgan fingerprint density at radius 3 is 2.64 bits per heavy atom. The third kappa shape index (κ3) is 3.21. The van der Waals surface area contributed by atoms with Crippen molar-refractivity contribution >= 4 is 17.4 Å². The molecular formula is C11H10ClNO. The molecule has 0 saturated carbocycles. The van der Waals surface area contributed by atoms with Crippen LogP contribution in [0.3, 0.4) is 0 Å². The minimum atomic E-state index is 0.0110. The molecule has 0 heterocycles. The molecule has 1 aromatic carbocycles. The van der Waals surface area contributed by atoms with Gasteiger partial charge in [0, 0.05) is 10.6 Å². The van der Waals surface area contributed by atoms with E-state index >= 15 is 0 Å². The van der Waals surface area contributed by atoms with Crippen LogP contribution in [-0.2, 0) is 0 Å². The van der Waals surface area contributed by atoms with Gasteiger partial charge in [0.05, 0.1) is 13.1 Å². The number of ketones is 1. The highest BCUT2D eigenvalue weighted by atomic mass is 35.5. The van der Waals surface area contributed by atoms with Gasteiger partial charge >= 0.3 is 0 Å². The van der Waals surface area contributed by atoms with Gasteiger partial charge in [-0.25, -0.2) is 0 Å². The van der Waals surface area contributed by atoms with Crippen molar-refractivity contribution in [2.45, 2.75) is 0 Å². The van der Waals surface area contributed by atoms with Crippen molar-refractivity contribution in [1.82, 2.24) is 5.32 Å². The molecule has 0 aliphatic carbocycles. The predicted octanol–water partition coefficient (Wildman–Crippen LogP) is 1.75. The molecule has 1 aromatic rings. The quantitative estimate of drug-likeness (QED) is 0.463. The lowest BCUT2D eigenvalue weighted by Gasteiger charge is -2.00. The molecule has 0 amide bonds. The standard InChI is InChI=1S/C11H10ClNO/c1-2-7-13-8-11(14)9-3-5-10(12)6-4-9/h1,3-6,13H,7-8H2. The van der Waals surface area contributed by atoms with Crippen LogP contribution in [0.2, 0.25) is 5.02 Å². The molecule has 1 rings (SSSR count). The summed E-state index contributed by atoms with van der Waals surface area (Å²) in [4.78, 5) is 11.5. The van der Waals surface area contributed by atoms with Crippen LogP contribution >= 0.6 is 11.6 Å². The molecule has 0 radical (unpaired) electrons. The van der Waals surface area contributed by atoms with Gasteiger partial charge in [-0.2, -0.15) is 0 Å². The average molecular weight is 208 g/mol. The second-order valence-corrected chi connectivity index (χ2v) is 3.17. The summed E-state index contributed by atoms with van der Waals surface area (Å²) in [7, 11) is 0. The van der Waals surface area contributed by atoms with Gasteiger partial charge in [-0.05, 0) is 24.3 Å². The first-order valence-corrected chi connectivity index (χ1v) is 4.55. The maximum atomic E-state index is 11.5. The van der Waals surface area contributed by atoms with Crippen LogP contribution in [0.5, 0.6) is 0 Å². The maximum absolute atomic E-state index is 11.5. The van der Waals surface area contributed by atoms with Gasteiger partial charge in [0.25, 0.3) is 0 Å². The minimum absolute atomic E-state index is 0.0110. The van der Waals surface area contributed by atoms with E-state index in [0.29, 0.717) is 17.1 Å². The monoisotopic (exact) mass is 207 g/mol. The molecule has 0 atom stereocenters. The van der Waals surface area contributed by atoms with Crippen LogP contribution in [-0.4, -0.2) is 18.9 Å². The van der Waals surface area contributed by atoms with Crippen LogP contribution < -0.4 is 5.32 Å². The van der Waals surface area contributed by atoms with Crippen molar-refractivity contribution in [3.63, 3.8) is 0 Å². The molecule has 0 spiro atoms. The summed E-state index contributed by atoms with van der Waals surface area (Å²) in [5.74, 6) is 2.41. The van der Waals surface area contributed by atoms with E-state index in [2.05, 4.69) is 11.2 Å². The Morgan fingerprint density at radius 2 is 2.07 bits per heavy atom. The van der Waals surface area contributed by atoms with E-state index in [4.69, 9.17) is 18.0 Å². The highest BCUT2D eigenvalue weighted by Gasteiger charge is 2.03. The number of halogens is 1. The molecule has 0 unspecified atom stereocenters. The number of rotatable bonds is 4. The summed E-state index contributed by atoms with van der Waals surface area (Å²) in [6.45, 7) is 0.658. The van der Waals surface area contributed by atoms with E-state index in [1.165, 1.54) is 0 Å². The third-order valence-electron chi connectivity index (χ3n) is 1.68. The van der Waals surface area contributed by atoms with Crippen LogP contribution in [0.1, 0.15) is 10.4 Å². The Kier molecular flexibility index (Phi) is 4.18. The van der Waals surface area contributed by atoms with Crippen molar-refractivity contribution in [1.29, 1.82) is 0 Å². The molecule has 0 bridgehead atoms. The first kappa shape index (κ1) is 10.8. The molecule has 0 aromatic heterocycles. The van der Waals surface area contributed by atoms with Crippen LogP contribution in [0.25, 0.3) is 0 Å². The normalized spacial score (nSPS) is 9.43. The number of carbonyl (C=O) groups excluding carboxylic acids is 1. The fourth-order valence-electron chi connectivity index (χ4n) is 0.986. The topological polar surface area (TPSA) is 29.1 Å². The number of terminal acetylenes is 1. The largest absolute Gasteiger partial charge is 0.299 e. The van der Waals surface area contributed by atoms with Gasteiger partial charge in [0.2, 0.25) is 0 Å². The van der Waals surface area contributed by atoms with Crippen molar-refractivity contribution < 1.29 is 4.79 Å². The number of hydrogen-bond donors (Lipinski definition) is 1. The third-order valence-corrected chi connectivity index (χ3v) is 1.93. The lowest BCUT2D eigenvalue weighted by molar-refractivity contribution is 0.0992. The summed E-state index contributed by atoms with van der Waals surface area (Å²) in [6, 6.07) is 6.77. The molecule has 3 heteroatoms. The lowest BCUT2D eigenvalue weighted by Crippen LogP contribution is -2.23. The fourth-order valence-corrected chi connectivity index (χ4v) is 1.11. The summed E-state index contributed by atoms with van der Waals surface area (Å²) in [6.07, 6.45) is 5.03. The minimum Gasteiger partial charge on any atom is -0.299 e. The predicted molar refractivity (Wildman–Crippen MR) is 57.5 cm³/mol. The van der Waals surface area contributed by atoms with Gasteiger partial charge in [0.1, 0.15) is 0 Å². The zero-order chi connectivity index (χ0) is 10.4. The van der Waals surface area contributed by atoms with Crippen molar-refractivity contribution in [2.24, 2.45) is 0 Å². The molecular weight excluding hydrogens is 198 g/mol. The number of nitrogens with one attached hydrogen (secondary N) is 1. The van der Waals surface area contributed by atoms with E-state index in [1.54, 1.807) is 24.3 Å². The van der Waals surface area contributed by atoms with Gasteiger partial charge in [-0.15, -0.1) is 6.42 Å². The summed E-state index contributed by atoms with van der Waals surface area (Å²) >= 11 is 5.69. The van der Waals surface area contributed by atoms with Crippen LogP contribution in [0, 0.1) is 12.3 Å². The molecule has 0 saturated heterocycles. The van der Waals surface area contributed by atoms with E-state index in [1.807, 2.05) is 0 Å². The molecule has 72 valence electrons. The highest BCUT2D eigenvalue weighted by Crippen LogP contribution is 2.09. The molecule has 0 aliphatic rings. The molecule has 0 aliphatic heterocycles. The van der Waals surface area contributed by atoms with Crippen molar-refractivity contribution in [2.75, 3.05) is 13.1 Å². The summed E-state index contributed by atoms with van der Waals surface area (Å²) < 4.78 is 0. The molecule has 2 nitrogen and oxygen atoms in total. The Labute approximate surface area is 88.3 Å². The Balaban J connectivity index is 2.53. The van der Waals surface area contributed by atoms with E-state index in [9.17, 15) is 4.79 Å². The number of benzene rings is 1. The van der Waals surface area contributed by atoms with Crippen molar-refractivity contribution in [3.05, 3.63) is 34.9 Å². The number of carbonyl (C=O) groups is 1. The maximum Gasteiger partial charge on any atom is 0.176 e. The number of Topliss-reactive ketones (excluding diaryl/α,β-unsaturated/α-hetero) is 1. The van der Waals surface area contributed by atoms with Gasteiger partial charge in [-0.3, -0.25) is 10.1 Å². The van der Waals surface area contributed by atoms with Gasteiger partial charge < -0.3 is 0 Å². The second kappa shape index (κ2) is 5.43. The molecule has 14 heavy (non-hydrogen) atoms. The molecule has 1 N–H and O–H groups in total. The van der Waals surface area contributed by atoms with E-state index < -0.39 is 0 Å². The second-order valence-electron chi connectivity index (χ2n) is 2.74. The SMILES string of the molecule is C#CCNCC(=O)c1ccc(Cl)cc1. The highest BCUT2D eigenvalue weighted by molar-refractivity contribution is 6.30. The Morgan fingerprint density at radius 1 is 1.43 bits per heavy atom. The van der Waals surface area contributed by atoms with Gasteiger partial charge in [0.15, 0.2) is 5.78 Å². The van der Waals surface area contributed by atoms with Gasteiger partial charge in [-0.1, -0.05) is 17.5 Å². The van der Waals surface area contributed by atoms with E-state index in [0.717, 1.165) is 0 Å². The first-order chi connectivity index (χ1) is 6.74. The zero-order valence-corrected chi connectivity index (χ0v) is 8.34. The number of hydrogen-bond acceptors (Lipinski definition) is 2.